The van der Waals surface area contributed by atoms with E-state index in [0.717, 1.165) is 26.2 Å². The molecule has 5 nitrogen and oxygen atoms in total. The molecular formula is C16H32N2O3. The Hall–Kier alpha value is -0.650. The van der Waals surface area contributed by atoms with E-state index in [1.807, 2.05) is 27.7 Å². The normalized spacial score (nSPS) is 22.3. The molecule has 0 amide bonds. The zero-order chi connectivity index (χ0) is 15.9. The van der Waals surface area contributed by atoms with Crippen LogP contribution in [0, 0.1) is 5.92 Å². The van der Waals surface area contributed by atoms with Gasteiger partial charge >= 0.3 is 5.97 Å². The zero-order valence-electron chi connectivity index (χ0n) is 14.3. The van der Waals surface area contributed by atoms with Crippen molar-refractivity contribution in [3.63, 3.8) is 0 Å². The highest BCUT2D eigenvalue weighted by Gasteiger charge is 2.36. The predicted molar refractivity (Wildman–Crippen MR) is 84.3 cm³/mol. The summed E-state index contributed by atoms with van der Waals surface area (Å²) < 4.78 is 10.8. The molecule has 1 rings (SSSR count). The highest BCUT2D eigenvalue weighted by atomic mass is 16.5. The van der Waals surface area contributed by atoms with Gasteiger partial charge in [-0.3, -0.25) is 10.1 Å². The number of nitrogens with one attached hydrogen (secondary N) is 1. The number of rotatable bonds is 8. The maximum absolute atomic E-state index is 12.3. The van der Waals surface area contributed by atoms with E-state index in [-0.39, 0.29) is 12.0 Å². The fraction of sp³-hybridized carbons (Fsp3) is 0.938. The molecule has 1 aliphatic heterocycles. The standard InChI is InChI=1S/C16H32N2O3/c1-6-21-15(19)16(4,17-13(2)3)12-18(5)10-14-8-7-9-20-11-14/h13-14,17H,6-12H2,1-5H3. The molecule has 0 aliphatic carbocycles. The van der Waals surface area contributed by atoms with Crippen LogP contribution in [-0.4, -0.2) is 62.4 Å². The zero-order valence-corrected chi connectivity index (χ0v) is 14.3. The van der Waals surface area contributed by atoms with Crippen LogP contribution < -0.4 is 5.32 Å². The minimum atomic E-state index is -0.672. The van der Waals surface area contributed by atoms with Crippen LogP contribution in [0.25, 0.3) is 0 Å². The summed E-state index contributed by atoms with van der Waals surface area (Å²) in [5.41, 5.74) is -0.672. The molecule has 1 saturated heterocycles. The van der Waals surface area contributed by atoms with Crippen LogP contribution in [0.4, 0.5) is 0 Å². The van der Waals surface area contributed by atoms with E-state index in [2.05, 4.69) is 17.3 Å². The lowest BCUT2D eigenvalue weighted by molar-refractivity contribution is -0.151. The number of carbonyl (C=O) groups excluding carboxylic acids is 1. The third-order valence-corrected chi connectivity index (χ3v) is 3.74. The molecule has 2 unspecified atom stereocenters. The summed E-state index contributed by atoms with van der Waals surface area (Å²) in [4.78, 5) is 14.5. The fourth-order valence-electron chi connectivity index (χ4n) is 3.09. The van der Waals surface area contributed by atoms with Gasteiger partial charge < -0.3 is 14.4 Å². The van der Waals surface area contributed by atoms with E-state index in [1.54, 1.807) is 0 Å². The van der Waals surface area contributed by atoms with Crippen LogP contribution in [0.1, 0.15) is 40.5 Å². The van der Waals surface area contributed by atoms with Gasteiger partial charge in [-0.05, 0) is 53.5 Å². The molecule has 21 heavy (non-hydrogen) atoms. The maximum atomic E-state index is 12.3. The van der Waals surface area contributed by atoms with E-state index in [1.165, 1.54) is 6.42 Å². The van der Waals surface area contributed by atoms with Crippen LogP contribution >= 0.6 is 0 Å². The molecule has 0 radical (unpaired) electrons. The Morgan fingerprint density at radius 1 is 1.52 bits per heavy atom. The molecule has 2 atom stereocenters. The molecule has 1 aliphatic rings. The van der Waals surface area contributed by atoms with Gasteiger partial charge in [-0.15, -0.1) is 0 Å². The first kappa shape index (κ1) is 18.4. The Kier molecular flexibility index (Phi) is 7.63. The molecule has 0 aromatic heterocycles. The number of esters is 1. The Balaban J connectivity index is 2.59. The first-order valence-corrected chi connectivity index (χ1v) is 8.08. The summed E-state index contributed by atoms with van der Waals surface area (Å²) in [6.07, 6.45) is 2.34. The van der Waals surface area contributed by atoms with Gasteiger partial charge in [0, 0.05) is 25.7 Å². The lowest BCUT2D eigenvalue weighted by Crippen LogP contribution is -2.59. The minimum absolute atomic E-state index is 0.176. The molecule has 1 heterocycles. The summed E-state index contributed by atoms with van der Waals surface area (Å²) in [5.74, 6) is 0.389. The number of ether oxygens (including phenoxy) is 2. The monoisotopic (exact) mass is 300 g/mol. The Labute approximate surface area is 129 Å². The van der Waals surface area contributed by atoms with Crippen molar-refractivity contribution >= 4 is 5.97 Å². The van der Waals surface area contributed by atoms with Crippen molar-refractivity contribution in [3.05, 3.63) is 0 Å². The Morgan fingerprint density at radius 2 is 2.24 bits per heavy atom. The van der Waals surface area contributed by atoms with Gasteiger partial charge in [-0.1, -0.05) is 0 Å². The topological polar surface area (TPSA) is 50.8 Å². The summed E-state index contributed by atoms with van der Waals surface area (Å²) in [7, 11) is 2.06. The SMILES string of the molecule is CCOC(=O)C(C)(CN(C)CC1CCCOC1)NC(C)C. The van der Waals surface area contributed by atoms with E-state index >= 15 is 0 Å². The van der Waals surface area contributed by atoms with Crippen LogP contribution in [-0.2, 0) is 14.3 Å². The Bertz CT molecular complexity index is 317. The molecule has 0 bridgehead atoms. The summed E-state index contributed by atoms with van der Waals surface area (Å²) in [6.45, 7) is 11.6. The molecule has 1 fully saturated rings. The van der Waals surface area contributed by atoms with Crippen molar-refractivity contribution in [1.82, 2.24) is 10.2 Å². The Morgan fingerprint density at radius 3 is 2.76 bits per heavy atom. The average Bonchev–Trinajstić information content (AvgIpc) is 2.38. The van der Waals surface area contributed by atoms with Gasteiger partial charge in [0.1, 0.15) is 5.54 Å². The third-order valence-electron chi connectivity index (χ3n) is 3.74. The van der Waals surface area contributed by atoms with Gasteiger partial charge in [-0.25, -0.2) is 0 Å². The molecule has 0 spiro atoms. The van der Waals surface area contributed by atoms with Crippen molar-refractivity contribution in [3.8, 4) is 0 Å². The van der Waals surface area contributed by atoms with Gasteiger partial charge in [0.05, 0.1) is 13.2 Å². The van der Waals surface area contributed by atoms with Crippen molar-refractivity contribution in [1.29, 1.82) is 0 Å². The third kappa shape index (κ3) is 6.32. The van der Waals surface area contributed by atoms with Crippen LogP contribution in [0.15, 0.2) is 0 Å². The number of carbonyl (C=O) groups is 1. The van der Waals surface area contributed by atoms with Crippen LogP contribution in [0.5, 0.6) is 0 Å². The molecular weight excluding hydrogens is 268 g/mol. The molecule has 0 saturated carbocycles. The molecule has 1 N–H and O–H groups in total. The van der Waals surface area contributed by atoms with Crippen molar-refractivity contribution in [2.24, 2.45) is 5.92 Å². The fourth-order valence-corrected chi connectivity index (χ4v) is 3.09. The minimum Gasteiger partial charge on any atom is -0.465 e. The summed E-state index contributed by atoms with van der Waals surface area (Å²) in [6, 6.07) is 0.228. The van der Waals surface area contributed by atoms with E-state index in [4.69, 9.17) is 9.47 Å². The highest BCUT2D eigenvalue weighted by Crippen LogP contribution is 2.17. The summed E-state index contributed by atoms with van der Waals surface area (Å²) >= 11 is 0. The quantitative estimate of drug-likeness (QED) is 0.691. The van der Waals surface area contributed by atoms with Gasteiger partial charge in [-0.2, -0.15) is 0 Å². The van der Waals surface area contributed by atoms with Gasteiger partial charge in [0.2, 0.25) is 0 Å². The number of hydrogen-bond acceptors (Lipinski definition) is 5. The first-order chi connectivity index (χ1) is 9.87. The van der Waals surface area contributed by atoms with Crippen LogP contribution in [0.3, 0.4) is 0 Å². The lowest BCUT2D eigenvalue weighted by atomic mass is 9.98. The largest absolute Gasteiger partial charge is 0.465 e. The number of nitrogens with zero attached hydrogens (tertiary/aromatic N) is 1. The highest BCUT2D eigenvalue weighted by molar-refractivity contribution is 5.80. The molecule has 0 aromatic carbocycles. The maximum Gasteiger partial charge on any atom is 0.327 e. The second kappa shape index (κ2) is 8.71. The predicted octanol–water partition coefficient (Wildman–Crippen LogP) is 1.66. The second-order valence-corrected chi connectivity index (χ2v) is 6.63. The van der Waals surface area contributed by atoms with E-state index in [0.29, 0.717) is 19.1 Å². The van der Waals surface area contributed by atoms with Crippen molar-refractivity contribution in [2.75, 3.05) is 40.0 Å². The van der Waals surface area contributed by atoms with E-state index in [9.17, 15) is 4.79 Å². The summed E-state index contributed by atoms with van der Waals surface area (Å²) in [5, 5.41) is 3.36. The van der Waals surface area contributed by atoms with Gasteiger partial charge in [0.25, 0.3) is 0 Å². The van der Waals surface area contributed by atoms with Crippen molar-refractivity contribution in [2.45, 2.75) is 52.1 Å². The molecule has 0 aromatic rings. The second-order valence-electron chi connectivity index (χ2n) is 6.63. The first-order valence-electron chi connectivity index (χ1n) is 8.08. The average molecular weight is 300 g/mol. The van der Waals surface area contributed by atoms with E-state index < -0.39 is 5.54 Å². The smallest absolute Gasteiger partial charge is 0.327 e. The van der Waals surface area contributed by atoms with Gasteiger partial charge in [0.15, 0.2) is 0 Å². The molecule has 124 valence electrons. The number of hydrogen-bond donors (Lipinski definition) is 1. The number of likely N-dealkylation sites (N-methyl/N-ethyl adjacent to an activating group) is 1. The lowest BCUT2D eigenvalue weighted by Gasteiger charge is -2.36. The van der Waals surface area contributed by atoms with Crippen LogP contribution in [0.2, 0.25) is 0 Å². The van der Waals surface area contributed by atoms with Crippen molar-refractivity contribution < 1.29 is 14.3 Å². The molecule has 5 heteroatoms.